The van der Waals surface area contributed by atoms with E-state index in [1.165, 1.54) is 7.11 Å². The highest BCUT2D eigenvalue weighted by Gasteiger charge is 2.13. The van der Waals surface area contributed by atoms with Gasteiger partial charge in [-0.2, -0.15) is 0 Å². The van der Waals surface area contributed by atoms with Crippen molar-refractivity contribution in [2.24, 2.45) is 0 Å². The van der Waals surface area contributed by atoms with Crippen LogP contribution in [-0.4, -0.2) is 25.9 Å². The van der Waals surface area contributed by atoms with Crippen LogP contribution in [0, 0.1) is 0 Å². The van der Waals surface area contributed by atoms with Gasteiger partial charge in [0.15, 0.2) is 0 Å². The van der Waals surface area contributed by atoms with Crippen molar-refractivity contribution in [3.05, 3.63) is 28.8 Å². The maximum Gasteiger partial charge on any atom is 0.124 e. The van der Waals surface area contributed by atoms with E-state index in [0.717, 1.165) is 0 Å². The number of benzene rings is 1. The molecule has 1 N–H and O–H groups in total. The Hall–Kier alpha value is -0.770. The largest absolute Gasteiger partial charge is 0.496 e. The zero-order valence-corrected chi connectivity index (χ0v) is 8.91. The van der Waals surface area contributed by atoms with Crippen LogP contribution in [0.15, 0.2) is 18.2 Å². The average Bonchev–Trinajstić information content (AvgIpc) is 2.18. The monoisotopic (exact) mass is 216 g/mol. The first kappa shape index (κ1) is 11.3. The predicted molar refractivity (Wildman–Crippen MR) is 54.8 cm³/mol. The summed E-state index contributed by atoms with van der Waals surface area (Å²) in [6.45, 7) is 0.219. The van der Waals surface area contributed by atoms with Crippen LogP contribution in [0.3, 0.4) is 0 Å². The molecule has 0 saturated heterocycles. The smallest absolute Gasteiger partial charge is 0.124 e. The van der Waals surface area contributed by atoms with Gasteiger partial charge < -0.3 is 14.6 Å². The van der Waals surface area contributed by atoms with Gasteiger partial charge in [-0.25, -0.2) is 0 Å². The number of aliphatic hydroxyl groups is 1. The van der Waals surface area contributed by atoms with Crippen LogP contribution in [-0.2, 0) is 4.74 Å². The van der Waals surface area contributed by atoms with Crippen molar-refractivity contribution < 1.29 is 14.6 Å². The Morgan fingerprint density at radius 3 is 2.71 bits per heavy atom. The van der Waals surface area contributed by atoms with E-state index < -0.39 is 6.10 Å². The van der Waals surface area contributed by atoms with Gasteiger partial charge in [-0.05, 0) is 18.2 Å². The second kappa shape index (κ2) is 5.20. The van der Waals surface area contributed by atoms with Gasteiger partial charge >= 0.3 is 0 Å². The molecule has 3 nitrogen and oxygen atoms in total. The topological polar surface area (TPSA) is 38.7 Å². The minimum atomic E-state index is -0.714. The third-order valence-corrected chi connectivity index (χ3v) is 2.11. The van der Waals surface area contributed by atoms with Crippen LogP contribution < -0.4 is 4.74 Å². The van der Waals surface area contributed by atoms with E-state index in [4.69, 9.17) is 21.1 Å². The lowest BCUT2D eigenvalue weighted by molar-refractivity contribution is 0.0628. The second-order valence-corrected chi connectivity index (χ2v) is 3.29. The van der Waals surface area contributed by atoms with Crippen LogP contribution in [0.5, 0.6) is 5.75 Å². The van der Waals surface area contributed by atoms with Gasteiger partial charge in [0, 0.05) is 17.7 Å². The molecule has 0 fully saturated rings. The molecule has 0 radical (unpaired) electrons. The number of methoxy groups -OCH3 is 2. The molecule has 1 aromatic carbocycles. The van der Waals surface area contributed by atoms with Crippen LogP contribution in [0.2, 0.25) is 5.02 Å². The molecule has 0 aliphatic heterocycles. The van der Waals surface area contributed by atoms with Gasteiger partial charge in [-0.3, -0.25) is 0 Å². The molecule has 78 valence electrons. The summed E-state index contributed by atoms with van der Waals surface area (Å²) in [4.78, 5) is 0. The summed E-state index contributed by atoms with van der Waals surface area (Å²) in [5, 5.41) is 10.3. The molecule has 1 rings (SSSR count). The summed E-state index contributed by atoms with van der Waals surface area (Å²) < 4.78 is 9.94. The van der Waals surface area contributed by atoms with Gasteiger partial charge in [0.05, 0.1) is 13.7 Å². The molecule has 4 heteroatoms. The number of aliphatic hydroxyl groups excluding tert-OH is 1. The first-order chi connectivity index (χ1) is 6.69. The van der Waals surface area contributed by atoms with Crippen molar-refractivity contribution >= 4 is 11.6 Å². The molecule has 0 aliphatic carbocycles. The molecular formula is C10H13ClO3. The minimum Gasteiger partial charge on any atom is -0.496 e. The number of hydrogen-bond acceptors (Lipinski definition) is 3. The molecule has 0 saturated carbocycles. The number of ether oxygens (including phenoxy) is 2. The molecule has 1 atom stereocenters. The van der Waals surface area contributed by atoms with Gasteiger partial charge in [0.25, 0.3) is 0 Å². The zero-order chi connectivity index (χ0) is 10.6. The molecule has 0 aromatic heterocycles. The number of halogens is 1. The van der Waals surface area contributed by atoms with E-state index in [1.54, 1.807) is 25.3 Å². The Kier molecular flexibility index (Phi) is 4.20. The highest BCUT2D eigenvalue weighted by molar-refractivity contribution is 6.30. The molecule has 0 heterocycles. The van der Waals surface area contributed by atoms with E-state index in [2.05, 4.69) is 0 Å². The third-order valence-electron chi connectivity index (χ3n) is 1.88. The Morgan fingerprint density at radius 1 is 1.43 bits per heavy atom. The Balaban J connectivity index is 2.97. The maximum absolute atomic E-state index is 9.69. The van der Waals surface area contributed by atoms with Gasteiger partial charge in [-0.15, -0.1) is 0 Å². The molecule has 0 spiro atoms. The van der Waals surface area contributed by atoms with Crippen LogP contribution in [0.4, 0.5) is 0 Å². The van der Waals surface area contributed by atoms with Crippen LogP contribution in [0.1, 0.15) is 11.7 Å². The average molecular weight is 217 g/mol. The van der Waals surface area contributed by atoms with Crippen LogP contribution >= 0.6 is 11.6 Å². The summed E-state index contributed by atoms with van der Waals surface area (Å²) in [6, 6.07) is 5.10. The molecule has 1 unspecified atom stereocenters. The standard InChI is InChI=1S/C10H13ClO3/c1-13-6-9(12)8-5-7(11)3-4-10(8)14-2/h3-5,9,12H,6H2,1-2H3. The predicted octanol–water partition coefficient (Wildman–Crippen LogP) is 2.03. The molecule has 14 heavy (non-hydrogen) atoms. The molecule has 0 bridgehead atoms. The van der Waals surface area contributed by atoms with E-state index in [-0.39, 0.29) is 6.61 Å². The third kappa shape index (κ3) is 2.61. The lowest BCUT2D eigenvalue weighted by Gasteiger charge is -2.14. The van der Waals surface area contributed by atoms with Gasteiger partial charge in [-0.1, -0.05) is 11.6 Å². The summed E-state index contributed by atoms with van der Waals surface area (Å²) in [6.07, 6.45) is -0.714. The highest BCUT2D eigenvalue weighted by atomic mass is 35.5. The minimum absolute atomic E-state index is 0.219. The Morgan fingerprint density at radius 2 is 2.14 bits per heavy atom. The fourth-order valence-electron chi connectivity index (χ4n) is 1.21. The van der Waals surface area contributed by atoms with Crippen molar-refractivity contribution in [3.8, 4) is 5.75 Å². The summed E-state index contributed by atoms with van der Waals surface area (Å²) >= 11 is 5.81. The van der Waals surface area contributed by atoms with Crippen molar-refractivity contribution in [3.63, 3.8) is 0 Å². The first-order valence-electron chi connectivity index (χ1n) is 4.19. The van der Waals surface area contributed by atoms with E-state index in [0.29, 0.717) is 16.3 Å². The quantitative estimate of drug-likeness (QED) is 0.837. The van der Waals surface area contributed by atoms with Crippen molar-refractivity contribution in [2.45, 2.75) is 6.10 Å². The SMILES string of the molecule is COCC(O)c1cc(Cl)ccc1OC. The summed E-state index contributed by atoms with van der Waals surface area (Å²) in [5.74, 6) is 0.610. The fraction of sp³-hybridized carbons (Fsp3) is 0.400. The molecule has 0 aliphatic rings. The van der Waals surface area contributed by atoms with Crippen LogP contribution in [0.25, 0.3) is 0 Å². The fourth-order valence-corrected chi connectivity index (χ4v) is 1.39. The van der Waals surface area contributed by atoms with Gasteiger partial charge in [0.1, 0.15) is 11.9 Å². The van der Waals surface area contributed by atoms with Crippen molar-refractivity contribution in [2.75, 3.05) is 20.8 Å². The lowest BCUT2D eigenvalue weighted by Crippen LogP contribution is -2.06. The lowest BCUT2D eigenvalue weighted by atomic mass is 10.1. The van der Waals surface area contributed by atoms with E-state index in [9.17, 15) is 5.11 Å². The summed E-state index contributed by atoms with van der Waals surface area (Å²) in [5.41, 5.74) is 0.641. The first-order valence-corrected chi connectivity index (χ1v) is 4.57. The number of rotatable bonds is 4. The normalized spacial score (nSPS) is 12.6. The highest BCUT2D eigenvalue weighted by Crippen LogP contribution is 2.28. The Labute approximate surface area is 88.2 Å². The zero-order valence-electron chi connectivity index (χ0n) is 8.16. The van der Waals surface area contributed by atoms with E-state index >= 15 is 0 Å². The van der Waals surface area contributed by atoms with Gasteiger partial charge in [0.2, 0.25) is 0 Å². The molecule has 0 amide bonds. The Bertz CT molecular complexity index is 301. The summed E-state index contributed by atoms with van der Waals surface area (Å²) in [7, 11) is 3.08. The van der Waals surface area contributed by atoms with E-state index in [1.807, 2.05) is 0 Å². The molecular weight excluding hydrogens is 204 g/mol. The second-order valence-electron chi connectivity index (χ2n) is 2.86. The van der Waals surface area contributed by atoms with Crippen molar-refractivity contribution in [1.29, 1.82) is 0 Å². The molecule has 1 aromatic rings. The van der Waals surface area contributed by atoms with Crippen molar-refractivity contribution in [1.82, 2.24) is 0 Å². The maximum atomic E-state index is 9.69. The number of hydrogen-bond donors (Lipinski definition) is 1.